The Morgan fingerprint density at radius 1 is 0.939 bits per heavy atom. The maximum atomic E-state index is 13.2. The highest BCUT2D eigenvalue weighted by Gasteiger charge is 2.37. The molecule has 1 aliphatic rings. The molecule has 1 unspecified atom stereocenters. The fraction of sp³-hybridized carbons (Fsp3) is 0.429. The number of alkyl halides is 6. The number of hydrogen-bond donors (Lipinski definition) is 3. The molecule has 1 aromatic heterocycles. The van der Waals surface area contributed by atoms with Gasteiger partial charge < -0.3 is 15.4 Å². The van der Waals surface area contributed by atoms with E-state index in [0.29, 0.717) is 12.3 Å². The lowest BCUT2D eigenvalue weighted by Gasteiger charge is -2.12. The van der Waals surface area contributed by atoms with Gasteiger partial charge in [-0.15, -0.1) is 0 Å². The van der Waals surface area contributed by atoms with Crippen LogP contribution in [-0.2, 0) is 22.2 Å². The topological polar surface area (TPSA) is 82.2 Å². The monoisotopic (exact) mass is 496 g/mol. The van der Waals surface area contributed by atoms with Crippen LogP contribution in [0.15, 0.2) is 35.2 Å². The van der Waals surface area contributed by atoms with Crippen LogP contribution in [0.5, 0.6) is 0 Å². The van der Waals surface area contributed by atoms with Crippen LogP contribution in [0.2, 0.25) is 0 Å². The van der Waals surface area contributed by atoms with Crippen LogP contribution in [-0.4, -0.2) is 44.0 Å². The molecule has 33 heavy (non-hydrogen) atoms. The Kier molecular flexibility index (Phi) is 7.02. The summed E-state index contributed by atoms with van der Waals surface area (Å²) in [7, 11) is -4.20. The van der Waals surface area contributed by atoms with E-state index in [9.17, 15) is 34.8 Å². The molecule has 0 aliphatic carbocycles. The van der Waals surface area contributed by atoms with Gasteiger partial charge in [0.05, 0.1) is 22.1 Å². The number of β-amino-alcohol motifs (C(OH)–C–C–N with tert-alkyl or cyclic N) is 1. The molecule has 1 aliphatic heterocycles. The van der Waals surface area contributed by atoms with Crippen molar-refractivity contribution in [1.82, 2.24) is 10.3 Å². The Labute approximate surface area is 185 Å². The minimum Gasteiger partial charge on any atom is -0.392 e. The van der Waals surface area contributed by atoms with Crippen LogP contribution in [0, 0.1) is 0 Å². The van der Waals surface area contributed by atoms with E-state index in [4.69, 9.17) is 5.11 Å². The third-order valence-corrected chi connectivity index (χ3v) is 6.39. The first kappa shape index (κ1) is 25.3. The molecule has 1 atom stereocenters. The van der Waals surface area contributed by atoms with E-state index in [1.807, 2.05) is 0 Å². The summed E-state index contributed by atoms with van der Waals surface area (Å²) in [4.78, 5) is 1.71. The molecule has 12 heteroatoms. The molecule has 3 aromatic rings. The smallest absolute Gasteiger partial charge is 0.392 e. The van der Waals surface area contributed by atoms with Crippen molar-refractivity contribution >= 4 is 31.6 Å². The van der Waals surface area contributed by atoms with E-state index in [2.05, 4.69) is 10.3 Å². The summed E-state index contributed by atoms with van der Waals surface area (Å²) >= 11 is 0. The number of aliphatic hydroxyl groups is 1. The third-order valence-electron chi connectivity index (χ3n) is 5.25. The molecule has 1 saturated heterocycles. The number of fused-ring (bicyclic) bond motifs is 3. The van der Waals surface area contributed by atoms with Crippen molar-refractivity contribution in [3.63, 3.8) is 0 Å². The lowest BCUT2D eigenvalue weighted by Crippen LogP contribution is -2.23. The molecule has 3 N–H and O–H groups in total. The van der Waals surface area contributed by atoms with E-state index in [1.54, 1.807) is 0 Å². The first-order valence-corrected chi connectivity index (χ1v) is 11.9. The van der Waals surface area contributed by atoms with Crippen LogP contribution >= 0.6 is 0 Å². The lowest BCUT2D eigenvalue weighted by molar-refractivity contribution is -0.140. The molecular formula is C21H22F6N2O3S. The van der Waals surface area contributed by atoms with Gasteiger partial charge in [0.2, 0.25) is 0 Å². The first-order valence-electron chi connectivity index (χ1n) is 10.0. The molecule has 0 spiro atoms. The fourth-order valence-corrected chi connectivity index (χ4v) is 4.54. The average Bonchev–Trinajstić information content (AvgIpc) is 2.87. The quantitative estimate of drug-likeness (QED) is 0.420. The van der Waals surface area contributed by atoms with Crippen LogP contribution < -0.4 is 5.32 Å². The number of nitrogens with one attached hydrogen (secondary N) is 2. The molecule has 0 saturated carbocycles. The van der Waals surface area contributed by atoms with E-state index < -0.39 is 38.2 Å². The first-order chi connectivity index (χ1) is 15.2. The average molecular weight is 496 g/mol. The van der Waals surface area contributed by atoms with Crippen molar-refractivity contribution in [2.75, 3.05) is 19.3 Å². The highest BCUT2D eigenvalue weighted by Crippen LogP contribution is 2.40. The fourth-order valence-electron chi connectivity index (χ4n) is 3.63. The van der Waals surface area contributed by atoms with Crippen LogP contribution in [0.1, 0.15) is 30.4 Å². The van der Waals surface area contributed by atoms with E-state index in [1.165, 1.54) is 12.8 Å². The Bertz CT molecular complexity index is 1240. The predicted molar refractivity (Wildman–Crippen MR) is 112 cm³/mol. The second-order valence-electron chi connectivity index (χ2n) is 7.90. The van der Waals surface area contributed by atoms with Crippen molar-refractivity contribution in [1.29, 1.82) is 0 Å². The van der Waals surface area contributed by atoms with E-state index in [-0.39, 0.29) is 27.9 Å². The van der Waals surface area contributed by atoms with Crippen molar-refractivity contribution in [2.24, 2.45) is 0 Å². The van der Waals surface area contributed by atoms with Gasteiger partial charge >= 0.3 is 12.4 Å². The van der Waals surface area contributed by atoms with Gasteiger partial charge in [0.1, 0.15) is 0 Å². The highest BCUT2D eigenvalue weighted by molar-refractivity contribution is 7.90. The number of sulfone groups is 1. The van der Waals surface area contributed by atoms with Crippen molar-refractivity contribution in [3.8, 4) is 0 Å². The van der Waals surface area contributed by atoms with Gasteiger partial charge in [-0.25, -0.2) is 8.42 Å². The number of rotatable bonds is 1. The number of aromatic amines is 1. The van der Waals surface area contributed by atoms with Crippen LogP contribution in [0.4, 0.5) is 26.3 Å². The zero-order valence-corrected chi connectivity index (χ0v) is 18.3. The third kappa shape index (κ3) is 5.98. The van der Waals surface area contributed by atoms with Gasteiger partial charge in [0.15, 0.2) is 9.84 Å². The Hall–Kier alpha value is -2.31. The highest BCUT2D eigenvalue weighted by atomic mass is 32.2. The van der Waals surface area contributed by atoms with Gasteiger partial charge in [-0.2, -0.15) is 26.3 Å². The van der Waals surface area contributed by atoms with E-state index >= 15 is 0 Å². The lowest BCUT2D eigenvalue weighted by atomic mass is 10.1. The summed E-state index contributed by atoms with van der Waals surface area (Å²) in [6.07, 6.45) is -5.71. The molecule has 0 amide bonds. The molecule has 1 fully saturated rings. The number of hydrogen-bond acceptors (Lipinski definition) is 4. The summed E-state index contributed by atoms with van der Waals surface area (Å²) in [6.45, 7) is 1.87. The molecule has 0 bridgehead atoms. The van der Waals surface area contributed by atoms with Crippen molar-refractivity contribution < 1.29 is 39.9 Å². The number of halogens is 6. The van der Waals surface area contributed by atoms with E-state index in [0.717, 1.165) is 43.8 Å². The zero-order chi connectivity index (χ0) is 24.6. The summed E-state index contributed by atoms with van der Waals surface area (Å²) in [5, 5.41) is 12.0. The Balaban J connectivity index is 0.000000323. The minimum atomic E-state index is -4.97. The maximum Gasteiger partial charge on any atom is 0.417 e. The van der Waals surface area contributed by atoms with Crippen LogP contribution in [0.3, 0.4) is 0 Å². The molecular weight excluding hydrogens is 474 g/mol. The Morgan fingerprint density at radius 2 is 1.61 bits per heavy atom. The predicted octanol–water partition coefficient (Wildman–Crippen LogP) is 4.88. The molecule has 2 aromatic carbocycles. The van der Waals surface area contributed by atoms with Crippen molar-refractivity contribution in [2.45, 2.75) is 42.6 Å². The van der Waals surface area contributed by atoms with Crippen LogP contribution in [0.25, 0.3) is 21.8 Å². The van der Waals surface area contributed by atoms with Gasteiger partial charge in [0.25, 0.3) is 0 Å². The summed E-state index contributed by atoms with van der Waals surface area (Å²) in [5.41, 5.74) is -2.26. The number of aromatic nitrogens is 1. The molecule has 0 radical (unpaired) electrons. The number of aliphatic hydroxyl groups excluding tert-OH is 1. The maximum absolute atomic E-state index is 13.2. The van der Waals surface area contributed by atoms with Gasteiger partial charge in [-0.05, 0) is 56.1 Å². The standard InChI is InChI=1S/C15H9F6NO2S.C6H13NO/c1-25(23,24)13-6-12-9(5-10(13)15(19,20)21)8-4-7(14(16,17)18)2-3-11(8)22-12;8-6-3-1-2-4-7-5-6/h2-6,22H,1H3;6-8H,1-5H2. The number of benzene rings is 2. The molecule has 182 valence electrons. The summed E-state index contributed by atoms with van der Waals surface area (Å²) in [6, 6.07) is 3.96. The zero-order valence-electron chi connectivity index (χ0n) is 17.4. The second kappa shape index (κ2) is 9.15. The number of H-pyrrole nitrogens is 1. The van der Waals surface area contributed by atoms with Gasteiger partial charge in [-0.3, -0.25) is 0 Å². The molecule has 4 rings (SSSR count). The normalized spacial score (nSPS) is 18.1. The summed E-state index contributed by atoms with van der Waals surface area (Å²) < 4.78 is 102. The second-order valence-corrected chi connectivity index (χ2v) is 9.88. The molecule has 2 heterocycles. The minimum absolute atomic E-state index is 0.00255. The van der Waals surface area contributed by atoms with Gasteiger partial charge in [-0.1, -0.05) is 0 Å². The molecule has 5 nitrogen and oxygen atoms in total. The summed E-state index contributed by atoms with van der Waals surface area (Å²) in [5.74, 6) is 0. The van der Waals surface area contributed by atoms with Gasteiger partial charge in [0, 0.05) is 34.6 Å². The van der Waals surface area contributed by atoms with Crippen molar-refractivity contribution in [3.05, 3.63) is 41.5 Å². The Morgan fingerprint density at radius 3 is 2.21 bits per heavy atom. The SMILES string of the molecule is CS(=O)(=O)c1cc2[nH]c3ccc(C(F)(F)F)cc3c2cc1C(F)(F)F.OC1CCCCNC1. The largest absolute Gasteiger partial charge is 0.417 e.